The highest BCUT2D eigenvalue weighted by atomic mass is 16.5. The highest BCUT2D eigenvalue weighted by Gasteiger charge is 2.17. The second-order valence-corrected chi connectivity index (χ2v) is 5.41. The van der Waals surface area contributed by atoms with Crippen LogP contribution in [-0.2, 0) is 4.74 Å². The van der Waals surface area contributed by atoms with E-state index < -0.39 is 0 Å². The minimum Gasteiger partial charge on any atom is -0.380 e. The predicted molar refractivity (Wildman–Crippen MR) is 112 cm³/mol. The number of aromatic nitrogens is 2. The summed E-state index contributed by atoms with van der Waals surface area (Å²) in [6.45, 7) is 21.9. The molecule has 1 atom stereocenters. The molecule has 1 aromatic rings. The zero-order valence-corrected chi connectivity index (χ0v) is 18.7. The molecule has 0 aliphatic carbocycles. The lowest BCUT2D eigenvalue weighted by Crippen LogP contribution is -2.38. The van der Waals surface area contributed by atoms with Crippen molar-refractivity contribution in [2.45, 2.75) is 87.7 Å². The van der Waals surface area contributed by atoms with Crippen LogP contribution in [0.3, 0.4) is 0 Å². The van der Waals surface area contributed by atoms with Crippen LogP contribution in [0.25, 0.3) is 0 Å². The van der Waals surface area contributed by atoms with Crippen molar-refractivity contribution in [1.29, 1.82) is 0 Å². The van der Waals surface area contributed by atoms with Gasteiger partial charge in [-0.1, -0.05) is 54.9 Å². The largest absolute Gasteiger partial charge is 0.380 e. The molecule has 150 valence electrons. The van der Waals surface area contributed by atoms with Gasteiger partial charge in [0.25, 0.3) is 0 Å². The van der Waals surface area contributed by atoms with E-state index in [9.17, 15) is 0 Å². The molecule has 1 fully saturated rings. The molecule has 1 aliphatic rings. The first kappa shape index (κ1) is 28.8. The van der Waals surface area contributed by atoms with Crippen molar-refractivity contribution >= 4 is 0 Å². The topological polar surface area (TPSA) is 38.2 Å². The number of nitrogens with zero attached hydrogens (tertiary/aromatic N) is 3. The molecule has 2 heterocycles. The molecule has 1 saturated heterocycles. The summed E-state index contributed by atoms with van der Waals surface area (Å²) in [4.78, 5) is 10.4. The van der Waals surface area contributed by atoms with E-state index in [0.29, 0.717) is 6.10 Å². The van der Waals surface area contributed by atoms with Crippen molar-refractivity contribution in [3.63, 3.8) is 0 Å². The summed E-state index contributed by atoms with van der Waals surface area (Å²) in [5.41, 5.74) is 1.11. The lowest BCUT2D eigenvalue weighted by atomic mass is 10.1. The van der Waals surface area contributed by atoms with Crippen molar-refractivity contribution in [2.24, 2.45) is 0 Å². The van der Waals surface area contributed by atoms with Crippen LogP contribution in [0.5, 0.6) is 0 Å². The number of ether oxygens (including phenoxy) is 1. The summed E-state index contributed by atoms with van der Waals surface area (Å²) < 4.78 is 5.28. The highest BCUT2D eigenvalue weighted by molar-refractivity contribution is 5.00. The Bertz CT molecular complexity index is 310. The number of rotatable bonds is 2. The maximum atomic E-state index is 5.28. The fraction of sp³-hybridized carbons (Fsp3) is 0.810. The number of hydrogen-bond donors (Lipinski definition) is 0. The van der Waals surface area contributed by atoms with E-state index in [0.717, 1.165) is 17.9 Å². The maximum absolute atomic E-state index is 5.28. The van der Waals surface area contributed by atoms with Gasteiger partial charge in [0, 0.05) is 26.0 Å². The molecular weight excluding hydrogens is 310 g/mol. The first-order valence-electron chi connectivity index (χ1n) is 10.1. The van der Waals surface area contributed by atoms with Gasteiger partial charge in [-0.3, -0.25) is 0 Å². The summed E-state index contributed by atoms with van der Waals surface area (Å²) in [5.74, 6) is 0.829. The fourth-order valence-corrected chi connectivity index (χ4v) is 1.95. The highest BCUT2D eigenvalue weighted by Crippen LogP contribution is 2.11. The van der Waals surface area contributed by atoms with E-state index in [1.165, 1.54) is 32.4 Å². The Labute approximate surface area is 158 Å². The Morgan fingerprint density at radius 2 is 1.52 bits per heavy atom. The molecule has 0 bridgehead atoms. The van der Waals surface area contributed by atoms with Gasteiger partial charge >= 0.3 is 0 Å². The second-order valence-electron chi connectivity index (χ2n) is 5.41. The van der Waals surface area contributed by atoms with Crippen LogP contribution in [0.2, 0.25) is 0 Å². The molecular formula is C21H45N3O. The Morgan fingerprint density at radius 3 is 1.88 bits per heavy atom. The lowest BCUT2D eigenvalue weighted by molar-refractivity contribution is 0.0334. The van der Waals surface area contributed by atoms with Crippen LogP contribution in [0.1, 0.15) is 79.1 Å². The lowest BCUT2D eigenvalue weighted by Gasteiger charge is -2.30. The second kappa shape index (κ2) is 23.0. The Hall–Kier alpha value is -1.00. The molecule has 2 rings (SSSR count). The van der Waals surface area contributed by atoms with Crippen LogP contribution in [0, 0.1) is 13.8 Å². The molecule has 0 N–H and O–H groups in total. The first-order chi connectivity index (χ1) is 12.1. The van der Waals surface area contributed by atoms with Crippen LogP contribution in [-0.4, -0.2) is 47.7 Å². The minimum absolute atomic E-state index is 0.494. The summed E-state index contributed by atoms with van der Waals surface area (Å²) in [6.07, 6.45) is 7.90. The van der Waals surface area contributed by atoms with Crippen LogP contribution in [0.15, 0.2) is 12.4 Å². The van der Waals surface area contributed by atoms with Gasteiger partial charge < -0.3 is 9.64 Å². The number of likely N-dealkylation sites (N-methyl/N-ethyl adjacent to an activating group) is 1. The smallest absolute Gasteiger partial charge is 0.125 e. The first-order valence-corrected chi connectivity index (χ1v) is 10.1. The van der Waals surface area contributed by atoms with E-state index in [1.54, 1.807) is 0 Å². The SMILES string of the molecule is CC.CC.CCC.CCN1CCCC(OC)C1.Cc1cnc(C)nc1. The number of aryl methyl sites for hydroxylation is 2. The third kappa shape index (κ3) is 19.2. The Kier molecular flexibility index (Phi) is 26.5. The summed E-state index contributed by atoms with van der Waals surface area (Å²) >= 11 is 0. The Balaban J connectivity index is -0.000000289. The molecule has 4 heteroatoms. The predicted octanol–water partition coefficient (Wildman–Crippen LogP) is 5.68. The number of methoxy groups -OCH3 is 1. The molecule has 0 radical (unpaired) electrons. The number of hydrogen-bond acceptors (Lipinski definition) is 4. The molecule has 1 aromatic heterocycles. The van der Waals surface area contributed by atoms with Gasteiger partial charge in [-0.05, 0) is 45.3 Å². The molecule has 0 saturated carbocycles. The average Bonchev–Trinajstić information content (AvgIpc) is 2.68. The molecule has 1 aliphatic heterocycles. The molecule has 4 nitrogen and oxygen atoms in total. The van der Waals surface area contributed by atoms with Crippen molar-refractivity contribution in [2.75, 3.05) is 26.7 Å². The average molecular weight is 356 g/mol. The van der Waals surface area contributed by atoms with Crippen LogP contribution < -0.4 is 0 Å². The van der Waals surface area contributed by atoms with Gasteiger partial charge in [-0.15, -0.1) is 0 Å². The van der Waals surface area contributed by atoms with E-state index in [1.807, 2.05) is 61.0 Å². The van der Waals surface area contributed by atoms with Crippen LogP contribution in [0.4, 0.5) is 0 Å². The molecule has 25 heavy (non-hydrogen) atoms. The monoisotopic (exact) mass is 355 g/mol. The third-order valence-corrected chi connectivity index (χ3v) is 3.15. The molecule has 1 unspecified atom stereocenters. The van der Waals surface area contributed by atoms with Crippen molar-refractivity contribution in [3.8, 4) is 0 Å². The van der Waals surface area contributed by atoms with Crippen molar-refractivity contribution in [1.82, 2.24) is 14.9 Å². The number of likely N-dealkylation sites (tertiary alicyclic amines) is 1. The molecule has 0 amide bonds. The third-order valence-electron chi connectivity index (χ3n) is 3.15. The minimum atomic E-state index is 0.494. The molecule has 0 aromatic carbocycles. The van der Waals surface area contributed by atoms with E-state index in [2.05, 4.69) is 35.6 Å². The molecule has 0 spiro atoms. The summed E-state index contributed by atoms with van der Waals surface area (Å²) in [5, 5.41) is 0. The van der Waals surface area contributed by atoms with Gasteiger partial charge in [0.2, 0.25) is 0 Å². The van der Waals surface area contributed by atoms with Crippen molar-refractivity contribution < 1.29 is 4.74 Å². The quantitative estimate of drug-likeness (QED) is 0.684. The summed E-state index contributed by atoms with van der Waals surface area (Å²) in [6, 6.07) is 0. The normalized spacial score (nSPS) is 15.7. The van der Waals surface area contributed by atoms with E-state index in [4.69, 9.17) is 4.74 Å². The van der Waals surface area contributed by atoms with Gasteiger partial charge in [0.1, 0.15) is 5.82 Å². The summed E-state index contributed by atoms with van der Waals surface area (Å²) in [7, 11) is 1.81. The zero-order chi connectivity index (χ0) is 20.1. The van der Waals surface area contributed by atoms with Gasteiger partial charge in [0.05, 0.1) is 6.10 Å². The zero-order valence-electron chi connectivity index (χ0n) is 18.7. The van der Waals surface area contributed by atoms with Crippen LogP contribution >= 0.6 is 0 Å². The van der Waals surface area contributed by atoms with Gasteiger partial charge in [-0.2, -0.15) is 0 Å². The van der Waals surface area contributed by atoms with Gasteiger partial charge in [0.15, 0.2) is 0 Å². The standard InChI is InChI=1S/C8H17NO.C6H8N2.C3H8.2C2H6/c1-3-9-6-4-5-8(7-9)10-2;1-5-3-7-6(2)8-4-5;1-3-2;2*1-2/h8H,3-7H2,1-2H3;3-4H,1-2H3;3H2,1-2H3;2*1-2H3. The Morgan fingerprint density at radius 1 is 1.04 bits per heavy atom. The maximum Gasteiger partial charge on any atom is 0.125 e. The van der Waals surface area contributed by atoms with E-state index in [-0.39, 0.29) is 0 Å². The van der Waals surface area contributed by atoms with Gasteiger partial charge in [-0.25, -0.2) is 9.97 Å². The van der Waals surface area contributed by atoms with E-state index >= 15 is 0 Å². The number of piperidine rings is 1. The van der Waals surface area contributed by atoms with Crippen molar-refractivity contribution in [3.05, 3.63) is 23.8 Å². The fourth-order valence-electron chi connectivity index (χ4n) is 1.95.